The number of nitrogens with one attached hydrogen (secondary N) is 1. The van der Waals surface area contributed by atoms with Crippen molar-refractivity contribution in [3.63, 3.8) is 0 Å². The summed E-state index contributed by atoms with van der Waals surface area (Å²) in [7, 11) is 0. The molecule has 18 heavy (non-hydrogen) atoms. The molecule has 0 spiro atoms. The zero-order valence-corrected chi connectivity index (χ0v) is 10.7. The standard InChI is InChI=1S/C13H13ClN2O2/c1-2-15-13(18)8-16-6-5-12(17)10-4-3-9(14)7-11(10)16/h3-7H,2,8H2,1H3,(H,15,18). The Labute approximate surface area is 109 Å². The van der Waals surface area contributed by atoms with Gasteiger partial charge < -0.3 is 9.88 Å². The molecule has 2 rings (SSSR count). The fraction of sp³-hybridized carbons (Fsp3) is 0.231. The molecule has 0 bridgehead atoms. The third-order valence-electron chi connectivity index (χ3n) is 2.63. The molecule has 0 aliphatic rings. The van der Waals surface area contributed by atoms with E-state index in [9.17, 15) is 9.59 Å². The van der Waals surface area contributed by atoms with Gasteiger partial charge in [0.05, 0.1) is 5.52 Å². The van der Waals surface area contributed by atoms with Gasteiger partial charge in [-0.05, 0) is 25.1 Å². The topological polar surface area (TPSA) is 51.1 Å². The second-order valence-electron chi connectivity index (χ2n) is 3.92. The number of rotatable bonds is 3. The van der Waals surface area contributed by atoms with Gasteiger partial charge in [0.2, 0.25) is 5.91 Å². The minimum Gasteiger partial charge on any atom is -0.355 e. The molecule has 1 aromatic heterocycles. The van der Waals surface area contributed by atoms with Crippen molar-refractivity contribution in [2.24, 2.45) is 0 Å². The minimum absolute atomic E-state index is 0.0752. The van der Waals surface area contributed by atoms with Gasteiger partial charge >= 0.3 is 0 Å². The van der Waals surface area contributed by atoms with Gasteiger partial charge in [0.1, 0.15) is 6.54 Å². The van der Waals surface area contributed by atoms with Crippen LogP contribution in [0.25, 0.3) is 10.9 Å². The number of carbonyl (C=O) groups excluding carboxylic acids is 1. The third-order valence-corrected chi connectivity index (χ3v) is 2.86. The lowest BCUT2D eigenvalue weighted by atomic mass is 10.2. The van der Waals surface area contributed by atoms with E-state index < -0.39 is 0 Å². The van der Waals surface area contributed by atoms with Crippen LogP contribution in [0.3, 0.4) is 0 Å². The second-order valence-corrected chi connectivity index (χ2v) is 4.36. The Morgan fingerprint density at radius 2 is 2.17 bits per heavy atom. The number of hydrogen-bond acceptors (Lipinski definition) is 2. The number of carbonyl (C=O) groups is 1. The largest absolute Gasteiger partial charge is 0.355 e. The van der Waals surface area contributed by atoms with Crippen LogP contribution in [0.1, 0.15) is 6.92 Å². The van der Waals surface area contributed by atoms with Gasteiger partial charge in [-0.3, -0.25) is 9.59 Å². The van der Waals surface area contributed by atoms with Crippen LogP contribution in [0, 0.1) is 0 Å². The number of pyridine rings is 1. The normalized spacial score (nSPS) is 10.6. The summed E-state index contributed by atoms with van der Waals surface area (Å²) < 4.78 is 1.72. The van der Waals surface area contributed by atoms with Crippen molar-refractivity contribution >= 4 is 28.4 Å². The van der Waals surface area contributed by atoms with Gasteiger partial charge in [0, 0.05) is 29.2 Å². The summed E-state index contributed by atoms with van der Waals surface area (Å²) in [6.45, 7) is 2.61. The first kappa shape index (κ1) is 12.6. The predicted molar refractivity (Wildman–Crippen MR) is 71.9 cm³/mol. The SMILES string of the molecule is CCNC(=O)Cn1ccc(=O)c2ccc(Cl)cc21. The van der Waals surface area contributed by atoms with E-state index in [0.717, 1.165) is 0 Å². The maximum atomic E-state index is 11.7. The van der Waals surface area contributed by atoms with Crippen molar-refractivity contribution in [2.45, 2.75) is 13.5 Å². The molecule has 1 heterocycles. The summed E-state index contributed by atoms with van der Waals surface area (Å²) in [5.74, 6) is -0.0950. The molecule has 0 fully saturated rings. The Morgan fingerprint density at radius 1 is 1.39 bits per heavy atom. The number of likely N-dealkylation sites (N-methyl/N-ethyl adjacent to an activating group) is 1. The molecular formula is C13H13ClN2O2. The third kappa shape index (κ3) is 2.54. The highest BCUT2D eigenvalue weighted by molar-refractivity contribution is 6.31. The van der Waals surface area contributed by atoms with Crippen LogP contribution in [-0.2, 0) is 11.3 Å². The number of aromatic nitrogens is 1. The monoisotopic (exact) mass is 264 g/mol. The lowest BCUT2D eigenvalue weighted by molar-refractivity contribution is -0.121. The summed E-state index contributed by atoms with van der Waals surface area (Å²) in [6.07, 6.45) is 1.61. The molecule has 0 aliphatic carbocycles. The van der Waals surface area contributed by atoms with Crippen LogP contribution < -0.4 is 10.7 Å². The number of hydrogen-bond donors (Lipinski definition) is 1. The van der Waals surface area contributed by atoms with Crippen LogP contribution in [0.4, 0.5) is 0 Å². The van der Waals surface area contributed by atoms with Gasteiger partial charge in [-0.25, -0.2) is 0 Å². The van der Waals surface area contributed by atoms with Gasteiger partial charge in [-0.1, -0.05) is 11.6 Å². The van der Waals surface area contributed by atoms with Crippen LogP contribution in [0.15, 0.2) is 35.3 Å². The Hall–Kier alpha value is -1.81. The zero-order chi connectivity index (χ0) is 13.1. The van der Waals surface area contributed by atoms with Crippen molar-refractivity contribution < 1.29 is 4.79 Å². The average molecular weight is 265 g/mol. The van der Waals surface area contributed by atoms with Crippen molar-refractivity contribution in [1.82, 2.24) is 9.88 Å². The molecule has 0 saturated carbocycles. The van der Waals surface area contributed by atoms with Crippen LogP contribution in [0.2, 0.25) is 5.02 Å². The first-order valence-electron chi connectivity index (χ1n) is 5.67. The van der Waals surface area contributed by atoms with Gasteiger partial charge in [-0.2, -0.15) is 0 Å². The molecule has 2 aromatic rings. The van der Waals surface area contributed by atoms with Crippen LogP contribution >= 0.6 is 11.6 Å². The van der Waals surface area contributed by atoms with Crippen LogP contribution in [-0.4, -0.2) is 17.0 Å². The quantitative estimate of drug-likeness (QED) is 0.919. The highest BCUT2D eigenvalue weighted by atomic mass is 35.5. The summed E-state index contributed by atoms with van der Waals surface area (Å²) in [6, 6.07) is 6.49. The maximum Gasteiger partial charge on any atom is 0.239 e. The first-order valence-corrected chi connectivity index (χ1v) is 6.05. The molecule has 1 N–H and O–H groups in total. The Morgan fingerprint density at radius 3 is 2.89 bits per heavy atom. The Balaban J connectivity index is 2.51. The van der Waals surface area contributed by atoms with E-state index in [1.165, 1.54) is 6.07 Å². The average Bonchev–Trinajstić information content (AvgIpc) is 2.33. The van der Waals surface area contributed by atoms with Gasteiger partial charge in [0.25, 0.3) is 0 Å². The number of nitrogens with zero attached hydrogens (tertiary/aromatic N) is 1. The maximum absolute atomic E-state index is 11.7. The van der Waals surface area contributed by atoms with E-state index >= 15 is 0 Å². The Kier molecular flexibility index (Phi) is 3.67. The van der Waals surface area contributed by atoms with E-state index in [1.54, 1.807) is 29.0 Å². The fourth-order valence-corrected chi connectivity index (χ4v) is 1.99. The molecule has 4 nitrogen and oxygen atoms in total. The fourth-order valence-electron chi connectivity index (χ4n) is 1.82. The van der Waals surface area contributed by atoms with Crippen molar-refractivity contribution in [1.29, 1.82) is 0 Å². The van der Waals surface area contributed by atoms with E-state index in [1.807, 2.05) is 6.92 Å². The highest BCUT2D eigenvalue weighted by Gasteiger charge is 2.06. The molecule has 1 amide bonds. The Bertz CT molecular complexity index is 649. The number of halogens is 1. The number of benzene rings is 1. The smallest absolute Gasteiger partial charge is 0.239 e. The van der Waals surface area contributed by atoms with E-state index in [4.69, 9.17) is 11.6 Å². The van der Waals surface area contributed by atoms with Crippen LogP contribution in [0.5, 0.6) is 0 Å². The molecule has 5 heteroatoms. The summed E-state index contributed by atoms with van der Waals surface area (Å²) in [4.78, 5) is 23.3. The molecule has 0 unspecified atom stereocenters. The molecule has 1 aromatic carbocycles. The first-order chi connectivity index (χ1) is 8.61. The molecule has 94 valence electrons. The second kappa shape index (κ2) is 5.23. The summed E-state index contributed by atoms with van der Waals surface area (Å²) in [5.41, 5.74) is 0.593. The van der Waals surface area contributed by atoms with Gasteiger partial charge in [0.15, 0.2) is 5.43 Å². The predicted octanol–water partition coefficient (Wildman–Crippen LogP) is 1.79. The van der Waals surface area contributed by atoms with Gasteiger partial charge in [-0.15, -0.1) is 0 Å². The highest BCUT2D eigenvalue weighted by Crippen LogP contribution is 2.16. The minimum atomic E-state index is -0.0950. The van der Waals surface area contributed by atoms with Crippen molar-refractivity contribution in [3.05, 3.63) is 45.7 Å². The lowest BCUT2D eigenvalue weighted by Gasteiger charge is -2.10. The van der Waals surface area contributed by atoms with Crippen molar-refractivity contribution in [2.75, 3.05) is 6.54 Å². The zero-order valence-electron chi connectivity index (χ0n) is 9.94. The number of amides is 1. The summed E-state index contributed by atoms with van der Waals surface area (Å²) >= 11 is 5.92. The molecule has 0 atom stereocenters. The summed E-state index contributed by atoms with van der Waals surface area (Å²) in [5, 5.41) is 3.82. The molecule has 0 radical (unpaired) electrons. The molecule has 0 saturated heterocycles. The number of fused-ring (bicyclic) bond motifs is 1. The van der Waals surface area contributed by atoms with E-state index in [0.29, 0.717) is 22.5 Å². The van der Waals surface area contributed by atoms with E-state index in [-0.39, 0.29) is 17.9 Å². The van der Waals surface area contributed by atoms with Crippen molar-refractivity contribution in [3.8, 4) is 0 Å². The molecular weight excluding hydrogens is 252 g/mol. The molecule has 0 aliphatic heterocycles. The lowest BCUT2D eigenvalue weighted by Crippen LogP contribution is -2.27. The van der Waals surface area contributed by atoms with E-state index in [2.05, 4.69) is 5.32 Å².